The molecule has 0 saturated carbocycles. The molecule has 0 radical (unpaired) electrons. The lowest BCUT2D eigenvalue weighted by atomic mass is 10.0. The summed E-state index contributed by atoms with van der Waals surface area (Å²) in [6.07, 6.45) is 3.64. The Bertz CT molecular complexity index is 605. The average molecular weight is 279 g/mol. The fourth-order valence-corrected chi connectivity index (χ4v) is 2.01. The number of carbonyl (C=O) groups is 1. The van der Waals surface area contributed by atoms with Crippen molar-refractivity contribution < 1.29 is 9.90 Å². The molecule has 2 rings (SSSR count). The quantitative estimate of drug-likeness (QED) is 0.932. The number of halogens is 1. The highest BCUT2D eigenvalue weighted by Gasteiger charge is 2.09. The van der Waals surface area contributed by atoms with Gasteiger partial charge in [-0.05, 0) is 37.1 Å². The zero-order valence-electron chi connectivity index (χ0n) is 10.8. The van der Waals surface area contributed by atoms with Gasteiger partial charge in [0.1, 0.15) is 0 Å². The first kappa shape index (κ1) is 13.6. The maximum Gasteiger partial charge on any atom is 0.307 e. The Hall–Kier alpha value is -1.81. The second kappa shape index (κ2) is 5.45. The van der Waals surface area contributed by atoms with Crippen molar-refractivity contribution in [1.29, 1.82) is 0 Å². The highest BCUT2D eigenvalue weighted by Crippen LogP contribution is 2.26. The van der Waals surface area contributed by atoms with Crippen LogP contribution in [0.25, 0.3) is 11.1 Å². The van der Waals surface area contributed by atoms with E-state index in [0.717, 1.165) is 11.1 Å². The number of carboxylic acid groups (broad SMARTS) is 1. The molecule has 2 aromatic rings. The molecule has 1 aromatic carbocycles. The average Bonchev–Trinajstić information content (AvgIpc) is 2.81. The number of hydrogen-bond donors (Lipinski definition) is 1. The Balaban J connectivity index is 2.36. The number of hydrogen-bond acceptors (Lipinski definition) is 2. The van der Waals surface area contributed by atoms with E-state index in [2.05, 4.69) is 18.9 Å². The second-order valence-electron chi connectivity index (χ2n) is 4.68. The number of aromatic nitrogens is 2. The van der Waals surface area contributed by atoms with Crippen LogP contribution in [0.3, 0.4) is 0 Å². The van der Waals surface area contributed by atoms with Gasteiger partial charge in [0, 0.05) is 22.8 Å². The molecule has 0 saturated heterocycles. The molecule has 0 aliphatic carbocycles. The summed E-state index contributed by atoms with van der Waals surface area (Å²) in [7, 11) is 0. The van der Waals surface area contributed by atoms with Crippen LogP contribution in [0.5, 0.6) is 0 Å². The number of nitrogens with zero attached hydrogens (tertiary/aromatic N) is 2. The Labute approximate surface area is 116 Å². The maximum atomic E-state index is 10.8. The van der Waals surface area contributed by atoms with Gasteiger partial charge in [-0.3, -0.25) is 9.48 Å². The summed E-state index contributed by atoms with van der Waals surface area (Å²) in [4.78, 5) is 10.8. The van der Waals surface area contributed by atoms with Crippen LogP contribution >= 0.6 is 11.6 Å². The standard InChI is InChI=1S/C14H15ClN2O2/c1-9(2)17-8-12(7-16-17)10-3-4-13(15)11(5-10)6-14(18)19/h3-5,7-9H,6H2,1-2H3,(H,18,19). The van der Waals surface area contributed by atoms with E-state index < -0.39 is 5.97 Å². The minimum atomic E-state index is -0.892. The minimum Gasteiger partial charge on any atom is -0.481 e. The maximum absolute atomic E-state index is 10.8. The van der Waals surface area contributed by atoms with Crippen LogP contribution in [0.4, 0.5) is 0 Å². The van der Waals surface area contributed by atoms with Gasteiger partial charge in [0.15, 0.2) is 0 Å². The monoisotopic (exact) mass is 278 g/mol. The predicted molar refractivity (Wildman–Crippen MR) is 74.4 cm³/mol. The Morgan fingerprint density at radius 1 is 1.42 bits per heavy atom. The lowest BCUT2D eigenvalue weighted by Gasteiger charge is -2.05. The van der Waals surface area contributed by atoms with Crippen molar-refractivity contribution in [1.82, 2.24) is 9.78 Å². The first-order valence-corrected chi connectivity index (χ1v) is 6.40. The molecule has 0 fully saturated rings. The Morgan fingerprint density at radius 2 is 2.16 bits per heavy atom. The van der Waals surface area contributed by atoms with Gasteiger partial charge < -0.3 is 5.11 Å². The van der Waals surface area contributed by atoms with Crippen molar-refractivity contribution in [2.45, 2.75) is 26.3 Å². The summed E-state index contributed by atoms with van der Waals surface area (Å²) in [6, 6.07) is 5.69. The van der Waals surface area contributed by atoms with E-state index in [1.54, 1.807) is 18.3 Å². The summed E-state index contributed by atoms with van der Waals surface area (Å²) in [6.45, 7) is 4.10. The van der Waals surface area contributed by atoms with E-state index >= 15 is 0 Å². The van der Waals surface area contributed by atoms with Gasteiger partial charge >= 0.3 is 5.97 Å². The molecular weight excluding hydrogens is 264 g/mol. The Morgan fingerprint density at radius 3 is 2.74 bits per heavy atom. The van der Waals surface area contributed by atoms with Crippen LogP contribution in [0.15, 0.2) is 30.6 Å². The molecule has 100 valence electrons. The third-order valence-electron chi connectivity index (χ3n) is 2.85. The summed E-state index contributed by atoms with van der Waals surface area (Å²) in [5.41, 5.74) is 2.49. The molecule has 0 atom stereocenters. The predicted octanol–water partition coefficient (Wildman–Crippen LogP) is 3.41. The molecule has 0 unspecified atom stereocenters. The van der Waals surface area contributed by atoms with Crippen molar-refractivity contribution in [3.8, 4) is 11.1 Å². The topological polar surface area (TPSA) is 55.1 Å². The van der Waals surface area contributed by atoms with Crippen LogP contribution in [0.1, 0.15) is 25.5 Å². The molecule has 4 nitrogen and oxygen atoms in total. The molecule has 0 bridgehead atoms. The second-order valence-corrected chi connectivity index (χ2v) is 5.09. The number of rotatable bonds is 4. The first-order chi connectivity index (χ1) is 8.97. The molecular formula is C14H15ClN2O2. The van der Waals surface area contributed by atoms with Crippen molar-refractivity contribution in [2.75, 3.05) is 0 Å². The van der Waals surface area contributed by atoms with Crippen molar-refractivity contribution >= 4 is 17.6 Å². The van der Waals surface area contributed by atoms with Crippen LogP contribution in [-0.2, 0) is 11.2 Å². The summed E-state index contributed by atoms with van der Waals surface area (Å²) >= 11 is 6.00. The van der Waals surface area contributed by atoms with E-state index in [4.69, 9.17) is 16.7 Å². The molecule has 0 aliphatic heterocycles. The van der Waals surface area contributed by atoms with Gasteiger partial charge in [0.25, 0.3) is 0 Å². The third-order valence-corrected chi connectivity index (χ3v) is 3.22. The third kappa shape index (κ3) is 3.15. The van der Waals surface area contributed by atoms with Gasteiger partial charge in [-0.1, -0.05) is 17.7 Å². The molecule has 1 N–H and O–H groups in total. The van der Waals surface area contributed by atoms with Crippen molar-refractivity contribution in [3.05, 3.63) is 41.2 Å². The number of aliphatic carboxylic acids is 1. The normalized spacial score (nSPS) is 10.9. The van der Waals surface area contributed by atoms with Crippen molar-refractivity contribution in [2.24, 2.45) is 0 Å². The van der Waals surface area contributed by atoms with Crippen LogP contribution < -0.4 is 0 Å². The lowest BCUT2D eigenvalue weighted by Crippen LogP contribution is -2.01. The van der Waals surface area contributed by atoms with E-state index in [9.17, 15) is 4.79 Å². The van der Waals surface area contributed by atoms with Gasteiger partial charge in [-0.2, -0.15) is 5.10 Å². The van der Waals surface area contributed by atoms with Gasteiger partial charge in [0.05, 0.1) is 12.6 Å². The molecule has 0 amide bonds. The smallest absolute Gasteiger partial charge is 0.307 e. The summed E-state index contributed by atoms with van der Waals surface area (Å²) in [5, 5.41) is 13.6. The molecule has 1 aromatic heterocycles. The van der Waals surface area contributed by atoms with Crippen LogP contribution in [0, 0.1) is 0 Å². The SMILES string of the molecule is CC(C)n1cc(-c2ccc(Cl)c(CC(=O)O)c2)cn1. The van der Waals surface area contributed by atoms with E-state index in [0.29, 0.717) is 16.6 Å². The number of benzene rings is 1. The molecule has 5 heteroatoms. The summed E-state index contributed by atoms with van der Waals surface area (Å²) in [5.74, 6) is -0.892. The first-order valence-electron chi connectivity index (χ1n) is 6.02. The number of carboxylic acids is 1. The molecule has 0 aliphatic rings. The summed E-state index contributed by atoms with van der Waals surface area (Å²) < 4.78 is 1.86. The molecule has 19 heavy (non-hydrogen) atoms. The van der Waals surface area contributed by atoms with E-state index in [1.807, 2.05) is 16.9 Å². The van der Waals surface area contributed by atoms with Gasteiger partial charge in [-0.15, -0.1) is 0 Å². The van der Waals surface area contributed by atoms with Gasteiger partial charge in [0.2, 0.25) is 0 Å². The fraction of sp³-hybridized carbons (Fsp3) is 0.286. The molecule has 0 spiro atoms. The van der Waals surface area contributed by atoms with E-state index in [-0.39, 0.29) is 6.42 Å². The van der Waals surface area contributed by atoms with Crippen molar-refractivity contribution in [3.63, 3.8) is 0 Å². The lowest BCUT2D eigenvalue weighted by molar-refractivity contribution is -0.136. The molecule has 1 heterocycles. The Kier molecular flexibility index (Phi) is 3.90. The highest BCUT2D eigenvalue weighted by molar-refractivity contribution is 6.31. The van der Waals surface area contributed by atoms with Crippen LogP contribution in [-0.4, -0.2) is 20.9 Å². The highest BCUT2D eigenvalue weighted by atomic mass is 35.5. The minimum absolute atomic E-state index is 0.0784. The van der Waals surface area contributed by atoms with E-state index in [1.165, 1.54) is 0 Å². The largest absolute Gasteiger partial charge is 0.481 e. The van der Waals surface area contributed by atoms with Gasteiger partial charge in [-0.25, -0.2) is 0 Å². The zero-order chi connectivity index (χ0) is 14.0. The zero-order valence-corrected chi connectivity index (χ0v) is 11.6. The fourth-order valence-electron chi connectivity index (χ4n) is 1.82. The van der Waals surface area contributed by atoms with Crippen LogP contribution in [0.2, 0.25) is 5.02 Å².